The van der Waals surface area contributed by atoms with E-state index >= 15 is 0 Å². The third kappa shape index (κ3) is 4.10. The van der Waals surface area contributed by atoms with E-state index in [9.17, 15) is 18.0 Å². The highest BCUT2D eigenvalue weighted by Crippen LogP contribution is 2.22. The topological polar surface area (TPSA) is 118 Å². The van der Waals surface area contributed by atoms with E-state index in [-0.39, 0.29) is 17.1 Å². The maximum absolute atomic E-state index is 11.7. The zero-order valence-electron chi connectivity index (χ0n) is 10.5. The van der Waals surface area contributed by atoms with Gasteiger partial charge in [-0.15, -0.1) is 11.6 Å². The van der Waals surface area contributed by atoms with Crippen LogP contribution in [0.25, 0.3) is 0 Å². The van der Waals surface area contributed by atoms with E-state index in [0.717, 1.165) is 16.6 Å². The molecule has 0 unspecified atom stereocenters. The lowest BCUT2D eigenvalue weighted by Gasteiger charge is -2.21. The molecule has 0 heterocycles. The summed E-state index contributed by atoms with van der Waals surface area (Å²) in [5.74, 6) is -2.09. The minimum atomic E-state index is -3.78. The molecule has 0 aliphatic rings. The lowest BCUT2D eigenvalue weighted by Crippen LogP contribution is -2.38. The molecule has 0 fully saturated rings. The van der Waals surface area contributed by atoms with Crippen LogP contribution in [0.4, 0.5) is 5.69 Å². The number of rotatable bonds is 6. The zero-order valence-corrected chi connectivity index (χ0v) is 12.1. The zero-order chi connectivity index (χ0) is 15.5. The number of hydrogen-bond donors (Lipinski definition) is 2. The molecule has 0 spiro atoms. The number of nitrogens with zero attached hydrogens (tertiary/aromatic N) is 1. The number of anilines is 1. The number of benzene rings is 1. The third-order valence-corrected chi connectivity index (χ3v) is 3.82. The average Bonchev–Trinajstić information content (AvgIpc) is 2.33. The Hall–Kier alpha value is -1.80. The first-order valence-electron chi connectivity index (χ1n) is 5.34. The number of aromatic carboxylic acids is 1. The van der Waals surface area contributed by atoms with Gasteiger partial charge in [0, 0.05) is 5.88 Å². The standard InChI is InChI=1S/C11H13ClN2O5S/c1-20(18,19)14(6-10(13)15)9-3-7(5-12)2-8(4-9)11(16)17/h2-4H,5-6H2,1H3,(H2,13,15)(H,16,17). The molecule has 1 rings (SSSR count). The quantitative estimate of drug-likeness (QED) is 0.734. The highest BCUT2D eigenvalue weighted by Gasteiger charge is 2.21. The van der Waals surface area contributed by atoms with Crippen molar-refractivity contribution in [3.8, 4) is 0 Å². The van der Waals surface area contributed by atoms with Crippen LogP contribution >= 0.6 is 11.6 Å². The molecule has 1 amide bonds. The molecule has 3 N–H and O–H groups in total. The molecule has 0 bridgehead atoms. The maximum Gasteiger partial charge on any atom is 0.335 e. The summed E-state index contributed by atoms with van der Waals surface area (Å²) < 4.78 is 24.1. The first-order chi connectivity index (χ1) is 9.15. The monoisotopic (exact) mass is 320 g/mol. The number of carbonyl (C=O) groups is 2. The number of primary amides is 1. The van der Waals surface area contributed by atoms with E-state index in [1.54, 1.807) is 0 Å². The minimum absolute atomic E-state index is 0.00228. The molecule has 110 valence electrons. The fraction of sp³-hybridized carbons (Fsp3) is 0.273. The van der Waals surface area contributed by atoms with Crippen molar-refractivity contribution in [2.75, 3.05) is 17.1 Å². The van der Waals surface area contributed by atoms with E-state index in [1.807, 2.05) is 0 Å². The second-order valence-corrected chi connectivity index (χ2v) is 6.24. The molecule has 7 nitrogen and oxygen atoms in total. The first kappa shape index (κ1) is 16.3. The van der Waals surface area contributed by atoms with Gasteiger partial charge in [0.05, 0.1) is 17.5 Å². The van der Waals surface area contributed by atoms with Crippen LogP contribution in [0, 0.1) is 0 Å². The summed E-state index contributed by atoms with van der Waals surface area (Å²) in [5, 5.41) is 8.99. The molecule has 0 saturated carbocycles. The normalized spacial score (nSPS) is 11.1. The van der Waals surface area contributed by atoms with Crippen molar-refractivity contribution in [3.05, 3.63) is 29.3 Å². The number of sulfonamides is 1. The Bertz CT molecular complexity index is 644. The lowest BCUT2D eigenvalue weighted by molar-refractivity contribution is -0.116. The number of alkyl halides is 1. The van der Waals surface area contributed by atoms with Crippen LogP contribution in [0.2, 0.25) is 0 Å². The summed E-state index contributed by atoms with van der Waals surface area (Å²) in [6.07, 6.45) is 0.893. The second-order valence-electron chi connectivity index (χ2n) is 4.06. The Morgan fingerprint density at radius 3 is 2.35 bits per heavy atom. The molecular formula is C11H13ClN2O5S. The molecule has 9 heteroatoms. The molecule has 1 aromatic carbocycles. The lowest BCUT2D eigenvalue weighted by atomic mass is 10.1. The first-order valence-corrected chi connectivity index (χ1v) is 7.72. The van der Waals surface area contributed by atoms with Gasteiger partial charge in [0.15, 0.2) is 0 Å². The Kier molecular flexibility index (Phi) is 4.96. The highest BCUT2D eigenvalue weighted by atomic mass is 35.5. The van der Waals surface area contributed by atoms with Crippen molar-refractivity contribution in [2.24, 2.45) is 5.73 Å². The van der Waals surface area contributed by atoms with Crippen LogP contribution < -0.4 is 10.0 Å². The summed E-state index contributed by atoms with van der Waals surface area (Å²) in [6, 6.07) is 3.86. The Balaban J connectivity index is 3.43. The van der Waals surface area contributed by atoms with Gasteiger partial charge in [-0.3, -0.25) is 9.10 Å². The minimum Gasteiger partial charge on any atom is -0.478 e. The Morgan fingerprint density at radius 1 is 1.35 bits per heavy atom. The SMILES string of the molecule is CS(=O)(=O)N(CC(N)=O)c1cc(CCl)cc(C(=O)O)c1. The number of carboxylic acids is 1. The van der Waals surface area contributed by atoms with E-state index in [1.165, 1.54) is 12.1 Å². The predicted molar refractivity (Wildman–Crippen MR) is 74.3 cm³/mol. The van der Waals surface area contributed by atoms with Gasteiger partial charge < -0.3 is 10.8 Å². The number of amides is 1. The van der Waals surface area contributed by atoms with E-state index in [4.69, 9.17) is 22.4 Å². The van der Waals surface area contributed by atoms with E-state index in [2.05, 4.69) is 0 Å². The van der Waals surface area contributed by atoms with Gasteiger partial charge in [-0.1, -0.05) is 0 Å². The number of hydrogen-bond acceptors (Lipinski definition) is 4. The van der Waals surface area contributed by atoms with Crippen LogP contribution in [-0.2, 0) is 20.7 Å². The van der Waals surface area contributed by atoms with Crippen LogP contribution in [0.15, 0.2) is 18.2 Å². The van der Waals surface area contributed by atoms with Crippen LogP contribution in [0.5, 0.6) is 0 Å². The smallest absolute Gasteiger partial charge is 0.335 e. The van der Waals surface area contributed by atoms with Crippen molar-refractivity contribution in [1.29, 1.82) is 0 Å². The molecule has 0 aliphatic heterocycles. The molecule has 0 saturated heterocycles. The number of carbonyl (C=O) groups excluding carboxylic acids is 1. The van der Waals surface area contributed by atoms with Crippen molar-refractivity contribution < 1.29 is 23.1 Å². The van der Waals surface area contributed by atoms with Gasteiger partial charge in [0.1, 0.15) is 6.54 Å². The van der Waals surface area contributed by atoms with Gasteiger partial charge in [-0.05, 0) is 23.8 Å². The predicted octanol–water partition coefficient (Wildman–Crippen LogP) is 0.375. The number of nitrogens with two attached hydrogens (primary N) is 1. The van der Waals surface area contributed by atoms with Crippen molar-refractivity contribution in [3.63, 3.8) is 0 Å². The van der Waals surface area contributed by atoms with Crippen LogP contribution in [0.1, 0.15) is 15.9 Å². The molecule has 0 aliphatic carbocycles. The average molecular weight is 321 g/mol. The highest BCUT2D eigenvalue weighted by molar-refractivity contribution is 7.92. The molecule has 1 aromatic rings. The largest absolute Gasteiger partial charge is 0.478 e. The second kappa shape index (κ2) is 6.10. The third-order valence-electron chi connectivity index (χ3n) is 2.37. The Morgan fingerprint density at radius 2 is 1.95 bits per heavy atom. The fourth-order valence-corrected chi connectivity index (χ4v) is 2.56. The molecule has 20 heavy (non-hydrogen) atoms. The van der Waals surface area contributed by atoms with Gasteiger partial charge in [-0.2, -0.15) is 0 Å². The fourth-order valence-electron chi connectivity index (χ4n) is 1.56. The van der Waals surface area contributed by atoms with E-state index < -0.39 is 28.4 Å². The van der Waals surface area contributed by atoms with E-state index in [0.29, 0.717) is 5.56 Å². The summed E-state index contributed by atoms with van der Waals surface area (Å²) in [4.78, 5) is 22.0. The van der Waals surface area contributed by atoms with Gasteiger partial charge in [0.25, 0.3) is 0 Å². The van der Waals surface area contributed by atoms with Crippen molar-refractivity contribution in [1.82, 2.24) is 0 Å². The summed E-state index contributed by atoms with van der Waals surface area (Å²) in [6.45, 7) is -0.580. The summed E-state index contributed by atoms with van der Waals surface area (Å²) in [7, 11) is -3.78. The Labute approximate surface area is 121 Å². The summed E-state index contributed by atoms with van der Waals surface area (Å²) >= 11 is 5.65. The van der Waals surface area contributed by atoms with Crippen molar-refractivity contribution in [2.45, 2.75) is 5.88 Å². The molecule has 0 atom stereocenters. The molecule has 0 aromatic heterocycles. The maximum atomic E-state index is 11.7. The number of halogens is 1. The molecular weight excluding hydrogens is 308 g/mol. The van der Waals surface area contributed by atoms with Gasteiger partial charge in [0.2, 0.25) is 15.9 Å². The van der Waals surface area contributed by atoms with Gasteiger partial charge in [-0.25, -0.2) is 13.2 Å². The summed E-state index contributed by atoms with van der Waals surface area (Å²) in [5.41, 5.74) is 5.33. The van der Waals surface area contributed by atoms with Crippen LogP contribution in [-0.4, -0.2) is 38.2 Å². The molecule has 0 radical (unpaired) electrons. The van der Waals surface area contributed by atoms with Gasteiger partial charge >= 0.3 is 5.97 Å². The van der Waals surface area contributed by atoms with Crippen molar-refractivity contribution >= 4 is 39.2 Å². The van der Waals surface area contributed by atoms with Crippen LogP contribution in [0.3, 0.4) is 0 Å². The number of carboxylic acid groups (broad SMARTS) is 1.